The Bertz CT molecular complexity index is 1110. The summed E-state index contributed by atoms with van der Waals surface area (Å²) >= 11 is 0. The van der Waals surface area contributed by atoms with Gasteiger partial charge in [-0.15, -0.1) is 0 Å². The number of hydrogen-bond donors (Lipinski definition) is 2. The number of benzene rings is 2. The van der Waals surface area contributed by atoms with Crippen LogP contribution in [0, 0.1) is 6.92 Å². The van der Waals surface area contributed by atoms with Gasteiger partial charge in [0, 0.05) is 42.2 Å². The zero-order valence-corrected chi connectivity index (χ0v) is 17.6. The molecule has 1 unspecified atom stereocenters. The fourth-order valence-electron chi connectivity index (χ4n) is 3.68. The van der Waals surface area contributed by atoms with Gasteiger partial charge >= 0.3 is 5.97 Å². The lowest BCUT2D eigenvalue weighted by atomic mass is 9.92. The number of anilines is 3. The highest BCUT2D eigenvalue weighted by Crippen LogP contribution is 2.38. The number of aryl methyl sites for hydroxylation is 1. The predicted octanol–water partition coefficient (Wildman–Crippen LogP) is 5.35. The molecule has 3 aromatic rings. The molecule has 4 rings (SSSR count). The first-order valence-electron chi connectivity index (χ1n) is 10.2. The molecular formula is C25H25N3O3. The largest absolute Gasteiger partial charge is 0.493 e. The molecule has 0 spiro atoms. The first-order chi connectivity index (χ1) is 15.0. The van der Waals surface area contributed by atoms with Gasteiger partial charge in [0.05, 0.1) is 24.1 Å². The van der Waals surface area contributed by atoms with E-state index in [0.29, 0.717) is 12.3 Å². The number of rotatable bonds is 6. The van der Waals surface area contributed by atoms with Gasteiger partial charge in [0.25, 0.3) is 0 Å². The number of nitrogens with one attached hydrogen (secondary N) is 1. The molecule has 0 fully saturated rings. The highest BCUT2D eigenvalue weighted by atomic mass is 16.5. The van der Waals surface area contributed by atoms with Crippen LogP contribution < -0.4 is 15.0 Å². The maximum atomic E-state index is 11.3. The van der Waals surface area contributed by atoms with Crippen LogP contribution >= 0.6 is 0 Å². The SMILES string of the molecule is Cc1ccc(N(C)c2ccc3c(c2)OCCC3/C=C/Nc2cnccc2C(=O)O)cc1. The molecule has 0 amide bonds. The van der Waals surface area contributed by atoms with E-state index in [-0.39, 0.29) is 11.5 Å². The summed E-state index contributed by atoms with van der Waals surface area (Å²) in [6, 6.07) is 16.2. The van der Waals surface area contributed by atoms with Crippen molar-refractivity contribution in [3.8, 4) is 5.75 Å². The Morgan fingerprint density at radius 2 is 1.97 bits per heavy atom. The molecule has 2 heterocycles. The second-order valence-corrected chi connectivity index (χ2v) is 7.59. The number of pyridine rings is 1. The van der Waals surface area contributed by atoms with E-state index < -0.39 is 5.97 Å². The summed E-state index contributed by atoms with van der Waals surface area (Å²) in [4.78, 5) is 17.5. The molecular weight excluding hydrogens is 390 g/mol. The van der Waals surface area contributed by atoms with E-state index in [1.54, 1.807) is 6.20 Å². The Morgan fingerprint density at radius 3 is 2.74 bits per heavy atom. The van der Waals surface area contributed by atoms with Crippen molar-refractivity contribution in [2.45, 2.75) is 19.3 Å². The molecule has 0 saturated carbocycles. The average Bonchev–Trinajstić information content (AvgIpc) is 2.79. The van der Waals surface area contributed by atoms with Crippen molar-refractivity contribution in [1.29, 1.82) is 0 Å². The second kappa shape index (κ2) is 8.92. The molecule has 0 radical (unpaired) electrons. The van der Waals surface area contributed by atoms with Gasteiger partial charge in [-0.3, -0.25) is 4.98 Å². The monoisotopic (exact) mass is 415 g/mol. The highest BCUT2D eigenvalue weighted by Gasteiger charge is 2.20. The minimum absolute atomic E-state index is 0.180. The lowest BCUT2D eigenvalue weighted by Gasteiger charge is -2.27. The van der Waals surface area contributed by atoms with Crippen molar-refractivity contribution in [3.05, 3.63) is 89.9 Å². The summed E-state index contributed by atoms with van der Waals surface area (Å²) in [6.07, 6.45) is 7.67. The summed E-state index contributed by atoms with van der Waals surface area (Å²) < 4.78 is 5.95. The minimum atomic E-state index is -0.986. The number of carboxylic acids is 1. The number of carboxylic acid groups (broad SMARTS) is 1. The Morgan fingerprint density at radius 1 is 1.19 bits per heavy atom. The number of nitrogens with zero attached hydrogens (tertiary/aromatic N) is 2. The Labute approximate surface area is 181 Å². The summed E-state index contributed by atoms with van der Waals surface area (Å²) in [5, 5.41) is 12.4. The summed E-state index contributed by atoms with van der Waals surface area (Å²) in [6.45, 7) is 2.71. The van der Waals surface area contributed by atoms with Crippen molar-refractivity contribution in [3.63, 3.8) is 0 Å². The van der Waals surface area contributed by atoms with E-state index in [4.69, 9.17) is 4.74 Å². The van der Waals surface area contributed by atoms with Crippen molar-refractivity contribution >= 4 is 23.0 Å². The summed E-state index contributed by atoms with van der Waals surface area (Å²) in [7, 11) is 2.05. The third kappa shape index (κ3) is 4.53. The van der Waals surface area contributed by atoms with Crippen molar-refractivity contribution in [2.75, 3.05) is 23.9 Å². The molecule has 2 aromatic carbocycles. The topological polar surface area (TPSA) is 74.7 Å². The molecule has 1 aromatic heterocycles. The smallest absolute Gasteiger partial charge is 0.337 e. The average molecular weight is 415 g/mol. The van der Waals surface area contributed by atoms with Crippen LogP contribution in [0.2, 0.25) is 0 Å². The fraction of sp³-hybridized carbons (Fsp3) is 0.200. The number of ether oxygens (including phenoxy) is 1. The molecule has 2 N–H and O–H groups in total. The van der Waals surface area contributed by atoms with E-state index in [2.05, 4.69) is 64.6 Å². The van der Waals surface area contributed by atoms with Gasteiger partial charge in [-0.05, 0) is 43.8 Å². The van der Waals surface area contributed by atoms with Crippen molar-refractivity contribution < 1.29 is 14.6 Å². The third-order valence-electron chi connectivity index (χ3n) is 5.51. The molecule has 158 valence electrons. The quantitative estimate of drug-likeness (QED) is 0.565. The second-order valence-electron chi connectivity index (χ2n) is 7.59. The molecule has 1 atom stereocenters. The predicted molar refractivity (Wildman–Crippen MR) is 122 cm³/mol. The molecule has 0 saturated heterocycles. The zero-order chi connectivity index (χ0) is 21.8. The van der Waals surface area contributed by atoms with Crippen LogP contribution in [0.15, 0.2) is 73.2 Å². The van der Waals surface area contributed by atoms with Gasteiger partial charge < -0.3 is 20.1 Å². The first-order valence-corrected chi connectivity index (χ1v) is 10.2. The molecule has 0 aliphatic carbocycles. The zero-order valence-electron chi connectivity index (χ0n) is 17.6. The number of hydrogen-bond acceptors (Lipinski definition) is 5. The van der Waals surface area contributed by atoms with E-state index in [1.165, 1.54) is 24.0 Å². The highest BCUT2D eigenvalue weighted by molar-refractivity contribution is 5.94. The lowest BCUT2D eigenvalue weighted by molar-refractivity contribution is 0.0698. The van der Waals surface area contributed by atoms with Gasteiger partial charge in [0.1, 0.15) is 5.75 Å². The summed E-state index contributed by atoms with van der Waals surface area (Å²) in [5.41, 5.74) is 5.19. The standard InChI is InChI=1S/C25H25N3O3/c1-17-3-5-19(6-4-17)28(2)20-7-8-21-18(11-14-31-24(21)15-20)9-13-27-23-16-26-12-10-22(23)25(29)30/h3-10,12-13,15-16,18,27H,11,14H2,1-2H3,(H,29,30)/b13-9+. The van der Waals surface area contributed by atoms with Gasteiger partial charge in [0.2, 0.25) is 0 Å². The molecule has 1 aliphatic rings. The first kappa shape index (κ1) is 20.5. The number of aromatic nitrogens is 1. The molecule has 0 bridgehead atoms. The lowest BCUT2D eigenvalue weighted by Crippen LogP contribution is -2.15. The van der Waals surface area contributed by atoms with Crippen LogP contribution in [0.25, 0.3) is 0 Å². The van der Waals surface area contributed by atoms with Gasteiger partial charge in [-0.2, -0.15) is 0 Å². The number of carbonyl (C=O) groups is 1. The number of aromatic carboxylic acids is 1. The van der Waals surface area contributed by atoms with E-state index in [9.17, 15) is 9.90 Å². The Hall–Kier alpha value is -3.80. The Kier molecular flexibility index (Phi) is 5.89. The van der Waals surface area contributed by atoms with Crippen LogP contribution in [-0.2, 0) is 0 Å². The van der Waals surface area contributed by atoms with E-state index in [1.807, 2.05) is 13.1 Å². The van der Waals surface area contributed by atoms with Crippen LogP contribution in [-0.4, -0.2) is 29.7 Å². The minimum Gasteiger partial charge on any atom is -0.493 e. The Balaban J connectivity index is 1.51. The van der Waals surface area contributed by atoms with Crippen LogP contribution in [0.3, 0.4) is 0 Å². The van der Waals surface area contributed by atoms with Gasteiger partial charge in [-0.25, -0.2) is 4.79 Å². The van der Waals surface area contributed by atoms with Crippen LogP contribution in [0.1, 0.15) is 33.8 Å². The third-order valence-corrected chi connectivity index (χ3v) is 5.51. The molecule has 1 aliphatic heterocycles. The van der Waals surface area contributed by atoms with Gasteiger partial charge in [0.15, 0.2) is 0 Å². The number of allylic oxidation sites excluding steroid dienone is 1. The maximum absolute atomic E-state index is 11.3. The van der Waals surface area contributed by atoms with Crippen LogP contribution in [0.5, 0.6) is 5.75 Å². The van der Waals surface area contributed by atoms with E-state index in [0.717, 1.165) is 29.1 Å². The molecule has 6 heteroatoms. The van der Waals surface area contributed by atoms with Crippen LogP contribution in [0.4, 0.5) is 17.1 Å². The van der Waals surface area contributed by atoms with E-state index >= 15 is 0 Å². The fourth-order valence-corrected chi connectivity index (χ4v) is 3.68. The molecule has 31 heavy (non-hydrogen) atoms. The molecule has 6 nitrogen and oxygen atoms in total. The van der Waals surface area contributed by atoms with Crippen molar-refractivity contribution in [2.24, 2.45) is 0 Å². The normalized spacial score (nSPS) is 15.2. The maximum Gasteiger partial charge on any atom is 0.337 e. The van der Waals surface area contributed by atoms with Crippen molar-refractivity contribution in [1.82, 2.24) is 4.98 Å². The summed E-state index contributed by atoms with van der Waals surface area (Å²) in [5.74, 6) is 0.0739. The number of fused-ring (bicyclic) bond motifs is 1. The van der Waals surface area contributed by atoms with Gasteiger partial charge in [-0.1, -0.05) is 29.8 Å².